The van der Waals surface area contributed by atoms with Gasteiger partial charge in [0.1, 0.15) is 10.8 Å². The summed E-state index contributed by atoms with van der Waals surface area (Å²) in [5.41, 5.74) is 8.13. The predicted molar refractivity (Wildman–Crippen MR) is 90.7 cm³/mol. The average molecular weight is 305 g/mol. The van der Waals surface area contributed by atoms with Crippen LogP contribution in [0.15, 0.2) is 30.3 Å². The van der Waals surface area contributed by atoms with Crippen molar-refractivity contribution in [2.24, 2.45) is 5.92 Å². The van der Waals surface area contributed by atoms with Gasteiger partial charge in [-0.25, -0.2) is 0 Å². The maximum Gasteiger partial charge on any atom is 0.147 e. The highest BCUT2D eigenvalue weighted by atomic mass is 32.1. The fourth-order valence-corrected chi connectivity index (χ4v) is 2.90. The third-order valence-corrected chi connectivity index (χ3v) is 4.20. The van der Waals surface area contributed by atoms with E-state index in [0.29, 0.717) is 18.3 Å². The van der Waals surface area contributed by atoms with Gasteiger partial charge in [0.25, 0.3) is 0 Å². The number of anilines is 2. The number of benzene rings is 1. The third kappa shape index (κ3) is 3.95. The van der Waals surface area contributed by atoms with Crippen molar-refractivity contribution in [3.05, 3.63) is 30.3 Å². The summed E-state index contributed by atoms with van der Waals surface area (Å²) in [5, 5.41) is 4.56. The Morgan fingerprint density at radius 3 is 2.62 bits per heavy atom. The smallest absolute Gasteiger partial charge is 0.147 e. The van der Waals surface area contributed by atoms with Crippen molar-refractivity contribution in [3.63, 3.8) is 0 Å². The average Bonchev–Trinajstić information content (AvgIpc) is 2.84. The molecule has 0 fully saturated rings. The van der Waals surface area contributed by atoms with Crippen molar-refractivity contribution in [1.29, 1.82) is 0 Å². The lowest BCUT2D eigenvalue weighted by Crippen LogP contribution is -2.30. The number of rotatable bonds is 7. The minimum atomic E-state index is 0.243. The molecule has 1 aromatic heterocycles. The van der Waals surface area contributed by atoms with E-state index in [0.717, 1.165) is 22.7 Å². The van der Waals surface area contributed by atoms with E-state index >= 15 is 0 Å². The van der Waals surface area contributed by atoms with Crippen molar-refractivity contribution in [2.45, 2.75) is 26.8 Å². The largest absolute Gasteiger partial charge is 0.382 e. The van der Waals surface area contributed by atoms with Crippen molar-refractivity contribution in [2.75, 3.05) is 24.3 Å². The van der Waals surface area contributed by atoms with Crippen LogP contribution in [0.1, 0.15) is 20.8 Å². The highest BCUT2D eigenvalue weighted by Crippen LogP contribution is 2.37. The van der Waals surface area contributed by atoms with Gasteiger partial charge in [0.15, 0.2) is 0 Å². The van der Waals surface area contributed by atoms with Gasteiger partial charge >= 0.3 is 0 Å². The molecule has 1 atom stereocenters. The lowest BCUT2D eigenvalue weighted by Gasteiger charge is -2.23. The van der Waals surface area contributed by atoms with Crippen molar-refractivity contribution < 1.29 is 4.74 Å². The first-order valence-corrected chi connectivity index (χ1v) is 8.05. The van der Waals surface area contributed by atoms with Crippen molar-refractivity contribution >= 4 is 22.4 Å². The van der Waals surface area contributed by atoms with Gasteiger partial charge in [0.05, 0.1) is 18.2 Å². The standard InChI is InChI=1S/C16H23N3OS/c1-4-20-10-13(11(2)3)18-16-14(15(17)19-21-16)12-8-6-5-7-9-12/h5-9,11,13,18H,4,10H2,1-3H3,(H2,17,19). The second kappa shape index (κ2) is 7.43. The molecule has 0 saturated heterocycles. The summed E-state index contributed by atoms with van der Waals surface area (Å²) in [7, 11) is 0. The van der Waals surface area contributed by atoms with Gasteiger partial charge in [-0.05, 0) is 29.9 Å². The van der Waals surface area contributed by atoms with Gasteiger partial charge in [-0.1, -0.05) is 44.2 Å². The Bertz CT molecular complexity index is 554. The van der Waals surface area contributed by atoms with Crippen LogP contribution in [-0.2, 0) is 4.74 Å². The number of nitrogens with two attached hydrogens (primary N) is 1. The van der Waals surface area contributed by atoms with Crippen LogP contribution in [-0.4, -0.2) is 23.6 Å². The van der Waals surface area contributed by atoms with E-state index in [2.05, 4.69) is 35.7 Å². The van der Waals surface area contributed by atoms with Crippen LogP contribution < -0.4 is 11.1 Å². The van der Waals surface area contributed by atoms with Crippen LogP contribution in [0.4, 0.5) is 10.8 Å². The molecule has 2 aromatic rings. The summed E-state index contributed by atoms with van der Waals surface area (Å²) in [6.07, 6.45) is 0. The van der Waals surface area contributed by atoms with Crippen LogP contribution in [0.3, 0.4) is 0 Å². The van der Waals surface area contributed by atoms with Crippen LogP contribution in [0.5, 0.6) is 0 Å². The molecule has 1 heterocycles. The molecule has 2 rings (SSSR count). The highest BCUT2D eigenvalue weighted by Gasteiger charge is 2.19. The van der Waals surface area contributed by atoms with Crippen LogP contribution in [0.2, 0.25) is 0 Å². The SMILES string of the molecule is CCOCC(Nc1snc(N)c1-c1ccccc1)C(C)C. The van der Waals surface area contributed by atoms with E-state index in [4.69, 9.17) is 10.5 Å². The molecule has 3 N–H and O–H groups in total. The molecule has 4 nitrogen and oxygen atoms in total. The number of nitrogen functional groups attached to an aromatic ring is 1. The van der Waals surface area contributed by atoms with Gasteiger partial charge < -0.3 is 15.8 Å². The fourth-order valence-electron chi connectivity index (χ4n) is 2.10. The monoisotopic (exact) mass is 305 g/mol. The summed E-state index contributed by atoms with van der Waals surface area (Å²) < 4.78 is 9.87. The Morgan fingerprint density at radius 1 is 1.29 bits per heavy atom. The first-order chi connectivity index (χ1) is 10.1. The minimum Gasteiger partial charge on any atom is -0.382 e. The highest BCUT2D eigenvalue weighted by molar-refractivity contribution is 7.11. The normalized spacial score (nSPS) is 12.6. The molecule has 5 heteroatoms. The second-order valence-electron chi connectivity index (χ2n) is 5.29. The zero-order valence-corrected chi connectivity index (χ0v) is 13.6. The van der Waals surface area contributed by atoms with Crippen LogP contribution >= 0.6 is 11.5 Å². The fraction of sp³-hybridized carbons (Fsp3) is 0.438. The molecule has 0 aliphatic carbocycles. The first kappa shape index (κ1) is 15.8. The topological polar surface area (TPSA) is 60.2 Å². The second-order valence-corrected chi connectivity index (χ2v) is 6.07. The zero-order valence-electron chi connectivity index (χ0n) is 12.8. The minimum absolute atomic E-state index is 0.243. The molecule has 1 unspecified atom stereocenters. The Hall–Kier alpha value is -1.59. The Morgan fingerprint density at radius 2 is 2.00 bits per heavy atom. The van der Waals surface area contributed by atoms with Gasteiger partial charge in [0.2, 0.25) is 0 Å². The first-order valence-electron chi connectivity index (χ1n) is 7.28. The maximum atomic E-state index is 6.05. The Balaban J connectivity index is 2.24. The molecular formula is C16H23N3OS. The van der Waals surface area contributed by atoms with E-state index in [-0.39, 0.29) is 6.04 Å². The van der Waals surface area contributed by atoms with Gasteiger partial charge in [0, 0.05) is 6.61 Å². The number of hydrogen-bond donors (Lipinski definition) is 2. The zero-order chi connectivity index (χ0) is 15.2. The van der Waals surface area contributed by atoms with Crippen molar-refractivity contribution in [1.82, 2.24) is 4.37 Å². The number of nitrogens with zero attached hydrogens (tertiary/aromatic N) is 1. The number of nitrogens with one attached hydrogen (secondary N) is 1. The molecule has 0 radical (unpaired) electrons. The number of hydrogen-bond acceptors (Lipinski definition) is 5. The van der Waals surface area contributed by atoms with E-state index < -0.39 is 0 Å². The molecule has 0 aliphatic rings. The third-order valence-electron chi connectivity index (χ3n) is 3.40. The summed E-state index contributed by atoms with van der Waals surface area (Å²) in [6.45, 7) is 7.78. The van der Waals surface area contributed by atoms with E-state index in [1.54, 1.807) is 0 Å². The van der Waals surface area contributed by atoms with E-state index in [9.17, 15) is 0 Å². The number of ether oxygens (including phenoxy) is 1. The summed E-state index contributed by atoms with van der Waals surface area (Å²) in [5.74, 6) is 1.04. The lowest BCUT2D eigenvalue weighted by atomic mass is 10.0. The maximum absolute atomic E-state index is 6.05. The van der Waals surface area contributed by atoms with Crippen molar-refractivity contribution in [3.8, 4) is 11.1 Å². The molecule has 114 valence electrons. The summed E-state index contributed by atoms with van der Waals surface area (Å²) in [4.78, 5) is 0. The van der Waals surface area contributed by atoms with Gasteiger partial charge in [-0.15, -0.1) is 0 Å². The summed E-state index contributed by atoms with van der Waals surface area (Å²) >= 11 is 1.41. The van der Waals surface area contributed by atoms with Gasteiger partial charge in [-0.3, -0.25) is 0 Å². The molecule has 0 bridgehead atoms. The molecule has 1 aromatic carbocycles. The lowest BCUT2D eigenvalue weighted by molar-refractivity contribution is 0.127. The van der Waals surface area contributed by atoms with Crippen LogP contribution in [0, 0.1) is 5.92 Å². The molecule has 0 amide bonds. The van der Waals surface area contributed by atoms with Crippen LogP contribution in [0.25, 0.3) is 11.1 Å². The Kier molecular flexibility index (Phi) is 5.59. The molecule has 0 aliphatic heterocycles. The predicted octanol–water partition coefficient (Wildman–Crippen LogP) is 3.87. The molecule has 0 spiro atoms. The van der Waals surface area contributed by atoms with E-state index in [1.807, 2.05) is 25.1 Å². The number of aromatic nitrogens is 1. The van der Waals surface area contributed by atoms with Gasteiger partial charge in [-0.2, -0.15) is 4.37 Å². The summed E-state index contributed by atoms with van der Waals surface area (Å²) in [6, 6.07) is 10.4. The quantitative estimate of drug-likeness (QED) is 0.815. The molecule has 0 saturated carbocycles. The Labute approximate surface area is 130 Å². The molecular weight excluding hydrogens is 282 g/mol. The molecule has 21 heavy (non-hydrogen) atoms. The van der Waals surface area contributed by atoms with E-state index in [1.165, 1.54) is 11.5 Å².